The number of hydrogen-bond acceptors (Lipinski definition) is 4. The number of rotatable bonds is 3. The third-order valence-electron chi connectivity index (χ3n) is 4.43. The number of halogens is 6. The van der Waals surface area contributed by atoms with Gasteiger partial charge in [0.25, 0.3) is 0 Å². The van der Waals surface area contributed by atoms with Crippen LogP contribution in [0.5, 0.6) is 0 Å². The molecule has 5 nitrogen and oxygen atoms in total. The quantitative estimate of drug-likeness (QED) is 0.503. The van der Waals surface area contributed by atoms with Crippen molar-refractivity contribution in [3.8, 4) is 0 Å². The number of aliphatic hydroxyl groups is 1. The van der Waals surface area contributed by atoms with Crippen LogP contribution < -0.4 is 10.6 Å². The summed E-state index contributed by atoms with van der Waals surface area (Å²) in [6, 6.07) is 2.44. The van der Waals surface area contributed by atoms with Crippen molar-refractivity contribution in [2.24, 2.45) is 5.92 Å². The van der Waals surface area contributed by atoms with Gasteiger partial charge >= 0.3 is 18.4 Å². The number of hydrogen-bond donors (Lipinski definition) is 3. The van der Waals surface area contributed by atoms with E-state index in [1.165, 1.54) is 22.8 Å². The molecule has 0 radical (unpaired) electrons. The lowest BCUT2D eigenvalue weighted by Crippen LogP contribution is -2.72. The Labute approximate surface area is 163 Å². The maximum Gasteiger partial charge on any atom is 0.437 e. The number of ketones is 1. The molecule has 3 rings (SSSR count). The normalized spacial score (nSPS) is 25.3. The average molecular weight is 438 g/mol. The monoisotopic (exact) mass is 438 g/mol. The van der Waals surface area contributed by atoms with Crippen molar-refractivity contribution in [1.29, 1.82) is 0 Å². The van der Waals surface area contributed by atoms with Crippen LogP contribution in [0.1, 0.15) is 26.8 Å². The van der Waals surface area contributed by atoms with E-state index in [0.29, 0.717) is 12.1 Å². The van der Waals surface area contributed by atoms with Gasteiger partial charge in [-0.25, -0.2) is 4.79 Å². The molecule has 12 heteroatoms. The van der Waals surface area contributed by atoms with Crippen molar-refractivity contribution >= 4 is 23.2 Å². The number of urea groups is 1. The molecular formula is C17H12F6N2O3S. The summed E-state index contributed by atoms with van der Waals surface area (Å²) in [6.45, 7) is 0. The number of amides is 2. The van der Waals surface area contributed by atoms with Crippen LogP contribution >= 0.6 is 11.3 Å². The van der Waals surface area contributed by atoms with Gasteiger partial charge in [-0.05, 0) is 29.1 Å². The van der Waals surface area contributed by atoms with Crippen LogP contribution in [-0.2, 0) is 6.18 Å². The van der Waals surface area contributed by atoms with Crippen LogP contribution in [0.15, 0.2) is 41.8 Å². The molecular weight excluding hydrogens is 426 g/mol. The lowest BCUT2D eigenvalue weighted by molar-refractivity contribution is -0.287. The second-order valence-corrected chi connectivity index (χ2v) is 7.23. The first-order valence-electron chi connectivity index (χ1n) is 7.97. The molecule has 0 aliphatic carbocycles. The van der Waals surface area contributed by atoms with Gasteiger partial charge in [-0.1, -0.05) is 18.2 Å². The summed E-state index contributed by atoms with van der Waals surface area (Å²) in [4.78, 5) is 24.5. The molecule has 2 amide bonds. The van der Waals surface area contributed by atoms with E-state index in [9.17, 15) is 41.0 Å². The zero-order chi connectivity index (χ0) is 21.6. The van der Waals surface area contributed by atoms with E-state index in [1.807, 2.05) is 5.32 Å². The summed E-state index contributed by atoms with van der Waals surface area (Å²) >= 11 is 0.793. The molecule has 1 saturated heterocycles. The minimum Gasteiger partial charge on any atom is -0.363 e. The lowest BCUT2D eigenvalue weighted by atomic mass is 9.78. The number of alkyl halides is 6. The van der Waals surface area contributed by atoms with Gasteiger partial charge in [0.15, 0.2) is 5.78 Å². The van der Waals surface area contributed by atoms with Gasteiger partial charge in [0, 0.05) is 0 Å². The lowest BCUT2D eigenvalue weighted by Gasteiger charge is -2.45. The molecule has 1 fully saturated rings. The average Bonchev–Trinajstić information content (AvgIpc) is 3.14. The first-order chi connectivity index (χ1) is 13.3. The van der Waals surface area contributed by atoms with Gasteiger partial charge in [0.2, 0.25) is 5.72 Å². The van der Waals surface area contributed by atoms with Gasteiger partial charge in [-0.2, -0.15) is 26.3 Å². The van der Waals surface area contributed by atoms with Crippen molar-refractivity contribution in [3.63, 3.8) is 0 Å². The number of benzene rings is 1. The Kier molecular flexibility index (Phi) is 5.11. The van der Waals surface area contributed by atoms with Gasteiger partial charge in [-0.3, -0.25) is 4.79 Å². The zero-order valence-electron chi connectivity index (χ0n) is 14.1. The van der Waals surface area contributed by atoms with Crippen molar-refractivity contribution in [2.45, 2.75) is 24.1 Å². The van der Waals surface area contributed by atoms with Crippen LogP contribution in [0.4, 0.5) is 31.1 Å². The summed E-state index contributed by atoms with van der Waals surface area (Å²) in [5, 5.41) is 15.1. The second-order valence-electron chi connectivity index (χ2n) is 6.28. The predicted molar refractivity (Wildman–Crippen MR) is 89.0 cm³/mol. The van der Waals surface area contributed by atoms with Gasteiger partial charge in [0.05, 0.1) is 16.5 Å². The summed E-state index contributed by atoms with van der Waals surface area (Å²) in [7, 11) is 0. The first-order valence-corrected chi connectivity index (χ1v) is 8.85. The third kappa shape index (κ3) is 3.81. The molecule has 0 unspecified atom stereocenters. The Morgan fingerprint density at radius 3 is 2.34 bits per heavy atom. The minimum atomic E-state index is -5.48. The maximum atomic E-state index is 13.7. The molecule has 0 bridgehead atoms. The molecule has 2 heterocycles. The van der Waals surface area contributed by atoms with E-state index < -0.39 is 53.0 Å². The van der Waals surface area contributed by atoms with E-state index in [1.54, 1.807) is 0 Å². The Morgan fingerprint density at radius 1 is 1.10 bits per heavy atom. The Balaban J connectivity index is 2.17. The minimum absolute atomic E-state index is 0.160. The van der Waals surface area contributed by atoms with E-state index in [4.69, 9.17) is 0 Å². The highest BCUT2D eigenvalue weighted by atomic mass is 32.1. The highest BCUT2D eigenvalue weighted by molar-refractivity contribution is 7.12. The number of thiophene rings is 1. The summed E-state index contributed by atoms with van der Waals surface area (Å²) in [5.41, 5.74) is -5.58. The van der Waals surface area contributed by atoms with E-state index in [0.717, 1.165) is 23.5 Å². The van der Waals surface area contributed by atoms with E-state index in [2.05, 4.69) is 0 Å². The van der Waals surface area contributed by atoms with E-state index in [-0.39, 0.29) is 4.88 Å². The van der Waals surface area contributed by atoms with Crippen LogP contribution in [0, 0.1) is 5.92 Å². The van der Waals surface area contributed by atoms with Crippen molar-refractivity contribution in [1.82, 2.24) is 10.6 Å². The summed E-state index contributed by atoms with van der Waals surface area (Å²) in [5.74, 6) is -3.56. The highest BCUT2D eigenvalue weighted by Gasteiger charge is 2.66. The molecule has 2 aromatic rings. The van der Waals surface area contributed by atoms with Gasteiger partial charge in [0.1, 0.15) is 5.92 Å². The Hall–Kier alpha value is -2.60. The standard InChI is InChI=1S/C17H12F6N2O3S/c18-16(19,20)9-4-1-3-8(7-9)12-11(13(26)10-5-2-6-29-10)15(28,17(21,22)23)25-14(27)24-12/h1-7,11-12,28H,(H2,24,25,27)/t11-,12-,15-/m1/s1. The Morgan fingerprint density at radius 2 is 1.79 bits per heavy atom. The molecule has 1 aromatic heterocycles. The van der Waals surface area contributed by atoms with Crippen molar-refractivity contribution in [3.05, 3.63) is 57.8 Å². The number of carbonyl (C=O) groups is 2. The fourth-order valence-electron chi connectivity index (χ4n) is 3.10. The largest absolute Gasteiger partial charge is 0.437 e. The number of carbonyl (C=O) groups excluding carboxylic acids is 2. The smallest absolute Gasteiger partial charge is 0.363 e. The molecule has 156 valence electrons. The topological polar surface area (TPSA) is 78.4 Å². The van der Waals surface area contributed by atoms with E-state index >= 15 is 0 Å². The van der Waals surface area contributed by atoms with Crippen molar-refractivity contribution < 1.29 is 41.0 Å². The molecule has 1 aromatic carbocycles. The molecule has 29 heavy (non-hydrogen) atoms. The summed E-state index contributed by atoms with van der Waals surface area (Å²) in [6.07, 6.45) is -10.3. The molecule has 3 atom stereocenters. The van der Waals surface area contributed by atoms with Gasteiger partial charge < -0.3 is 15.7 Å². The molecule has 1 aliphatic heterocycles. The van der Waals surface area contributed by atoms with Gasteiger partial charge in [-0.15, -0.1) is 11.3 Å². The fraction of sp³-hybridized carbons (Fsp3) is 0.294. The van der Waals surface area contributed by atoms with Crippen LogP contribution in [0.3, 0.4) is 0 Å². The maximum absolute atomic E-state index is 13.7. The predicted octanol–water partition coefficient (Wildman–Crippen LogP) is 3.87. The molecule has 3 N–H and O–H groups in total. The molecule has 1 aliphatic rings. The number of Topliss-reactive ketones (excluding diaryl/α,β-unsaturated/α-hetero) is 1. The SMILES string of the molecule is O=C1N[C@H](c2cccc(C(F)(F)F)c2)[C@H](C(=O)c2cccs2)[C@@](O)(C(F)(F)F)N1. The fourth-order valence-corrected chi connectivity index (χ4v) is 3.80. The Bertz CT molecular complexity index is 928. The molecule has 0 saturated carbocycles. The first kappa shape index (κ1) is 21.1. The second kappa shape index (κ2) is 7.02. The highest BCUT2D eigenvalue weighted by Crippen LogP contribution is 2.45. The zero-order valence-corrected chi connectivity index (χ0v) is 15.0. The van der Waals surface area contributed by atoms with Crippen LogP contribution in [0.25, 0.3) is 0 Å². The molecule has 0 spiro atoms. The summed E-state index contributed by atoms with van der Waals surface area (Å²) < 4.78 is 80.2. The van der Waals surface area contributed by atoms with Crippen molar-refractivity contribution in [2.75, 3.05) is 0 Å². The third-order valence-corrected chi connectivity index (χ3v) is 5.31. The van der Waals surface area contributed by atoms with Crippen LogP contribution in [0.2, 0.25) is 0 Å². The van der Waals surface area contributed by atoms with Crippen LogP contribution in [-0.4, -0.2) is 28.8 Å². The number of nitrogens with one attached hydrogen (secondary N) is 2.